The average Bonchev–Trinajstić information content (AvgIpc) is 2.44. The molecule has 3 aliphatic rings. The molecule has 0 spiro atoms. The Balaban J connectivity index is 0.00000192. The lowest BCUT2D eigenvalue weighted by atomic mass is 9.71. The maximum Gasteiger partial charge on any atom is 0.340 e. The highest BCUT2D eigenvalue weighted by atomic mass is 35.5. The van der Waals surface area contributed by atoms with Crippen molar-refractivity contribution in [2.45, 2.75) is 46.1 Å². The van der Waals surface area contributed by atoms with Crippen LogP contribution in [-0.4, -0.2) is 12.1 Å². The maximum absolute atomic E-state index is 12.6. The number of hydrogen-bond acceptors (Lipinski definition) is 2. The van der Waals surface area contributed by atoms with E-state index in [1.807, 2.05) is 23.7 Å². The molecule has 3 nitrogen and oxygen atoms in total. The van der Waals surface area contributed by atoms with Crippen molar-refractivity contribution in [3.63, 3.8) is 0 Å². The number of carbonyl (C=O) groups is 1. The summed E-state index contributed by atoms with van der Waals surface area (Å²) in [7, 11) is 0. The third-order valence-corrected chi connectivity index (χ3v) is 4.82. The van der Waals surface area contributed by atoms with E-state index in [9.17, 15) is 4.79 Å². The number of nitrogens with two attached hydrogens (primary N) is 1. The van der Waals surface area contributed by atoms with Gasteiger partial charge in [0.15, 0.2) is 0 Å². The van der Waals surface area contributed by atoms with E-state index in [0.717, 1.165) is 24.0 Å². The van der Waals surface area contributed by atoms with Crippen molar-refractivity contribution < 1.29 is 27.3 Å². The van der Waals surface area contributed by atoms with Crippen LogP contribution >= 0.6 is 0 Å². The third-order valence-electron chi connectivity index (χ3n) is 4.82. The number of halogens is 1. The second-order valence-electron chi connectivity index (χ2n) is 7.64. The second-order valence-corrected chi connectivity index (χ2v) is 7.64. The molecule has 3 rings (SSSR count). The fourth-order valence-electron chi connectivity index (χ4n) is 4.13. The third kappa shape index (κ3) is 4.15. The molecular formula is C19H26ClNO2. The summed E-state index contributed by atoms with van der Waals surface area (Å²) in [6.07, 6.45) is 15.3. The first-order valence-electron chi connectivity index (χ1n) is 8.25. The highest BCUT2D eigenvalue weighted by molar-refractivity contribution is 5.90. The molecule has 3 unspecified atom stereocenters. The fourth-order valence-corrected chi connectivity index (χ4v) is 4.13. The number of allylic oxidation sites excluding steroid dienone is 5. The first kappa shape index (κ1) is 18.0. The SMILES string of the molecule is CC1CC(OC(=O)C2=C[NH2+]C=C3C=CC=CC32)CC(C)(C)C1.[Cl-]. The predicted octanol–water partition coefficient (Wildman–Crippen LogP) is -0.165. The Morgan fingerprint density at radius 1 is 1.26 bits per heavy atom. The smallest absolute Gasteiger partial charge is 0.340 e. The minimum atomic E-state index is -0.151. The zero-order valence-electron chi connectivity index (χ0n) is 14.1. The number of hydrogen-bond donors (Lipinski definition) is 1. The van der Waals surface area contributed by atoms with E-state index in [2.05, 4.69) is 39.1 Å². The van der Waals surface area contributed by atoms with Crippen LogP contribution in [0, 0.1) is 17.3 Å². The standard InChI is InChI=1S/C19H25NO2.ClH/c1-13-8-15(10-19(2,3)9-13)22-18(21)17-12-20-11-14-6-4-5-7-16(14)17;/h4-7,11-13,15-16,20H,8-10H2,1-3H3;1H. The van der Waals surface area contributed by atoms with Crippen molar-refractivity contribution in [3.05, 3.63) is 47.9 Å². The van der Waals surface area contributed by atoms with Crippen molar-refractivity contribution in [1.82, 2.24) is 0 Å². The number of fused-ring (bicyclic) bond motifs is 1. The molecule has 2 aliphatic carbocycles. The number of esters is 1. The Labute approximate surface area is 145 Å². The van der Waals surface area contributed by atoms with Crippen LogP contribution in [0.2, 0.25) is 0 Å². The topological polar surface area (TPSA) is 42.9 Å². The van der Waals surface area contributed by atoms with Crippen LogP contribution in [0.3, 0.4) is 0 Å². The zero-order valence-corrected chi connectivity index (χ0v) is 14.8. The molecule has 0 amide bonds. The Hall–Kier alpha value is -1.32. The van der Waals surface area contributed by atoms with Crippen molar-refractivity contribution in [2.24, 2.45) is 17.3 Å². The Bertz CT molecular complexity index is 586. The second kappa shape index (κ2) is 7.06. The lowest BCUT2D eigenvalue weighted by Crippen LogP contribution is -3.00. The monoisotopic (exact) mass is 335 g/mol. The summed E-state index contributed by atoms with van der Waals surface area (Å²) in [4.78, 5) is 12.6. The molecular weight excluding hydrogens is 310 g/mol. The van der Waals surface area contributed by atoms with Gasteiger partial charge < -0.3 is 17.1 Å². The van der Waals surface area contributed by atoms with Gasteiger partial charge in [0.2, 0.25) is 0 Å². The van der Waals surface area contributed by atoms with Crippen LogP contribution in [0.1, 0.15) is 40.0 Å². The number of quaternary nitrogens is 1. The Morgan fingerprint density at radius 2 is 2.04 bits per heavy atom. The van der Waals surface area contributed by atoms with E-state index in [1.165, 1.54) is 6.42 Å². The van der Waals surface area contributed by atoms with Gasteiger partial charge in [-0.2, -0.15) is 0 Å². The van der Waals surface area contributed by atoms with E-state index < -0.39 is 0 Å². The molecule has 1 saturated carbocycles. The van der Waals surface area contributed by atoms with Gasteiger partial charge in [-0.1, -0.05) is 45.1 Å². The number of carbonyl (C=O) groups excluding carboxylic acids is 1. The molecule has 0 saturated heterocycles. The molecule has 0 aromatic heterocycles. The van der Waals surface area contributed by atoms with Crippen LogP contribution in [0.5, 0.6) is 0 Å². The molecule has 1 heterocycles. The first-order valence-corrected chi connectivity index (χ1v) is 8.25. The molecule has 1 fully saturated rings. The lowest BCUT2D eigenvalue weighted by molar-refractivity contribution is -0.517. The molecule has 3 atom stereocenters. The van der Waals surface area contributed by atoms with Crippen LogP contribution in [-0.2, 0) is 9.53 Å². The quantitative estimate of drug-likeness (QED) is 0.712. The van der Waals surface area contributed by atoms with Gasteiger partial charge in [-0.3, -0.25) is 5.32 Å². The maximum atomic E-state index is 12.6. The summed E-state index contributed by atoms with van der Waals surface area (Å²) < 4.78 is 5.87. The highest BCUT2D eigenvalue weighted by Gasteiger charge is 2.36. The predicted molar refractivity (Wildman–Crippen MR) is 86.5 cm³/mol. The molecule has 2 N–H and O–H groups in total. The van der Waals surface area contributed by atoms with E-state index in [4.69, 9.17) is 4.74 Å². The molecule has 0 bridgehead atoms. The van der Waals surface area contributed by atoms with E-state index in [-0.39, 0.29) is 35.8 Å². The van der Waals surface area contributed by atoms with Crippen molar-refractivity contribution in [3.8, 4) is 0 Å². The molecule has 0 aromatic rings. The van der Waals surface area contributed by atoms with Crippen LogP contribution in [0.25, 0.3) is 0 Å². The van der Waals surface area contributed by atoms with Crippen LogP contribution in [0.15, 0.2) is 47.9 Å². The van der Waals surface area contributed by atoms with Gasteiger partial charge in [0, 0.05) is 11.5 Å². The minimum absolute atomic E-state index is 0. The van der Waals surface area contributed by atoms with Crippen LogP contribution < -0.4 is 17.7 Å². The lowest BCUT2D eigenvalue weighted by Gasteiger charge is -2.38. The minimum Gasteiger partial charge on any atom is -1.00 e. The summed E-state index contributed by atoms with van der Waals surface area (Å²) in [5.41, 5.74) is 2.18. The summed E-state index contributed by atoms with van der Waals surface area (Å²) in [6, 6.07) is 0. The first-order chi connectivity index (χ1) is 10.4. The van der Waals surface area contributed by atoms with Gasteiger partial charge >= 0.3 is 5.97 Å². The molecule has 126 valence electrons. The van der Waals surface area contributed by atoms with Crippen molar-refractivity contribution in [2.75, 3.05) is 0 Å². The van der Waals surface area contributed by atoms with Gasteiger partial charge in [-0.15, -0.1) is 0 Å². The molecule has 1 aliphatic heterocycles. The van der Waals surface area contributed by atoms with Gasteiger partial charge in [-0.25, -0.2) is 4.79 Å². The Kier molecular flexibility index (Phi) is 5.53. The molecule has 4 heteroatoms. The summed E-state index contributed by atoms with van der Waals surface area (Å²) in [5, 5.41) is 1.94. The van der Waals surface area contributed by atoms with E-state index >= 15 is 0 Å². The van der Waals surface area contributed by atoms with Gasteiger partial charge in [0.05, 0.1) is 0 Å². The largest absolute Gasteiger partial charge is 1.00 e. The zero-order chi connectivity index (χ0) is 15.7. The van der Waals surface area contributed by atoms with Crippen molar-refractivity contribution in [1.29, 1.82) is 0 Å². The molecule has 0 radical (unpaired) electrons. The number of ether oxygens (including phenoxy) is 1. The average molecular weight is 336 g/mol. The van der Waals surface area contributed by atoms with Gasteiger partial charge in [0.1, 0.15) is 24.1 Å². The van der Waals surface area contributed by atoms with Gasteiger partial charge in [-0.05, 0) is 30.6 Å². The molecule has 23 heavy (non-hydrogen) atoms. The summed E-state index contributed by atoms with van der Waals surface area (Å²) in [5.74, 6) is 0.514. The van der Waals surface area contributed by atoms with Crippen molar-refractivity contribution >= 4 is 5.97 Å². The van der Waals surface area contributed by atoms with Crippen LogP contribution in [0.4, 0.5) is 0 Å². The van der Waals surface area contributed by atoms with E-state index in [0.29, 0.717) is 5.92 Å². The summed E-state index contributed by atoms with van der Waals surface area (Å²) in [6.45, 7) is 6.80. The Morgan fingerprint density at radius 3 is 2.78 bits per heavy atom. The van der Waals surface area contributed by atoms with E-state index in [1.54, 1.807) is 0 Å². The molecule has 0 aromatic carbocycles. The summed E-state index contributed by atoms with van der Waals surface area (Å²) >= 11 is 0. The normalized spacial score (nSPS) is 31.3. The highest BCUT2D eigenvalue weighted by Crippen LogP contribution is 2.40. The number of rotatable bonds is 2. The fraction of sp³-hybridized carbons (Fsp3) is 0.526. The van der Waals surface area contributed by atoms with Gasteiger partial charge in [0.25, 0.3) is 0 Å².